The maximum absolute atomic E-state index is 8.71. The van der Waals surface area contributed by atoms with Gasteiger partial charge in [0.05, 0.1) is 18.5 Å². The molecule has 0 spiro atoms. The monoisotopic (exact) mass is 153 g/mol. The molecule has 0 bridgehead atoms. The number of fused-ring (bicyclic) bond motifs is 1. The van der Waals surface area contributed by atoms with E-state index in [1.807, 2.05) is 0 Å². The molecular formula is C7H7NO3. The lowest BCUT2D eigenvalue weighted by Gasteiger charge is -1.96. The van der Waals surface area contributed by atoms with E-state index < -0.39 is 0 Å². The van der Waals surface area contributed by atoms with Crippen LogP contribution >= 0.6 is 0 Å². The molecule has 1 aromatic rings. The predicted octanol–water partition coefficient (Wildman–Crippen LogP) is 0.303. The van der Waals surface area contributed by atoms with Crippen molar-refractivity contribution >= 4 is 0 Å². The summed E-state index contributed by atoms with van der Waals surface area (Å²) in [6.07, 6.45) is 1.55. The van der Waals surface area contributed by atoms with Gasteiger partial charge in [-0.2, -0.15) is 0 Å². The predicted molar refractivity (Wildman–Crippen MR) is 36.3 cm³/mol. The zero-order chi connectivity index (χ0) is 7.68. The number of aromatic nitrogens is 1. The van der Waals surface area contributed by atoms with E-state index in [0.717, 1.165) is 0 Å². The molecule has 2 rings (SSSR count). The second-order valence-electron chi connectivity index (χ2n) is 2.19. The lowest BCUT2D eigenvalue weighted by atomic mass is 10.3. The molecule has 4 nitrogen and oxygen atoms in total. The van der Waals surface area contributed by atoms with Crippen molar-refractivity contribution in [1.29, 1.82) is 0 Å². The highest BCUT2D eigenvalue weighted by molar-refractivity contribution is 5.40. The van der Waals surface area contributed by atoms with Gasteiger partial charge in [-0.05, 0) is 0 Å². The number of pyridine rings is 1. The van der Waals surface area contributed by atoms with Crippen molar-refractivity contribution in [3.05, 3.63) is 18.0 Å². The summed E-state index contributed by atoms with van der Waals surface area (Å²) in [5.74, 6) is 1.30. The first-order valence-electron chi connectivity index (χ1n) is 3.25. The minimum atomic E-state index is -0.0728. The molecule has 2 heterocycles. The average molecular weight is 153 g/mol. The molecule has 0 amide bonds. The summed E-state index contributed by atoms with van der Waals surface area (Å²) in [4.78, 5) is 3.91. The average Bonchev–Trinajstić information content (AvgIpc) is 2.50. The molecule has 0 radical (unpaired) electrons. The van der Waals surface area contributed by atoms with E-state index in [4.69, 9.17) is 14.6 Å². The van der Waals surface area contributed by atoms with Crippen LogP contribution in [0.25, 0.3) is 0 Å². The van der Waals surface area contributed by atoms with Crippen molar-refractivity contribution in [3.63, 3.8) is 0 Å². The standard InChI is InChI=1S/C7H7NO3/c9-3-5-1-6-7(2-8-5)11-4-10-6/h1-2,9H,3-4H2. The van der Waals surface area contributed by atoms with Crippen LogP contribution in [-0.4, -0.2) is 16.9 Å². The Labute approximate surface area is 63.4 Å². The van der Waals surface area contributed by atoms with E-state index in [-0.39, 0.29) is 13.4 Å². The minimum absolute atomic E-state index is 0.0728. The fourth-order valence-corrected chi connectivity index (χ4v) is 0.929. The summed E-state index contributed by atoms with van der Waals surface area (Å²) in [6.45, 7) is 0.169. The molecule has 1 aliphatic rings. The van der Waals surface area contributed by atoms with E-state index in [1.165, 1.54) is 0 Å². The van der Waals surface area contributed by atoms with Crippen LogP contribution in [0.4, 0.5) is 0 Å². The van der Waals surface area contributed by atoms with Gasteiger partial charge in [0.25, 0.3) is 0 Å². The van der Waals surface area contributed by atoms with Crippen LogP contribution in [0.3, 0.4) is 0 Å². The largest absolute Gasteiger partial charge is 0.453 e. The lowest BCUT2D eigenvalue weighted by Crippen LogP contribution is -1.92. The molecule has 0 saturated carbocycles. The molecule has 0 unspecified atom stereocenters. The maximum atomic E-state index is 8.71. The van der Waals surface area contributed by atoms with Crippen molar-refractivity contribution in [2.24, 2.45) is 0 Å². The number of aliphatic hydroxyl groups excluding tert-OH is 1. The van der Waals surface area contributed by atoms with Crippen LogP contribution in [0.2, 0.25) is 0 Å². The fourth-order valence-electron chi connectivity index (χ4n) is 0.929. The third-order valence-corrected chi connectivity index (χ3v) is 1.48. The number of hydrogen-bond acceptors (Lipinski definition) is 4. The van der Waals surface area contributed by atoms with Crippen LogP contribution in [0.1, 0.15) is 5.69 Å². The Hall–Kier alpha value is -1.29. The Bertz CT molecular complexity index is 274. The van der Waals surface area contributed by atoms with Gasteiger partial charge in [0, 0.05) is 6.07 Å². The maximum Gasteiger partial charge on any atom is 0.231 e. The minimum Gasteiger partial charge on any atom is -0.453 e. The highest BCUT2D eigenvalue weighted by Crippen LogP contribution is 2.30. The van der Waals surface area contributed by atoms with Crippen molar-refractivity contribution < 1.29 is 14.6 Å². The molecule has 0 aromatic carbocycles. The van der Waals surface area contributed by atoms with E-state index in [0.29, 0.717) is 17.2 Å². The van der Waals surface area contributed by atoms with Crippen LogP contribution < -0.4 is 9.47 Å². The number of rotatable bonds is 1. The fraction of sp³-hybridized carbons (Fsp3) is 0.286. The molecule has 1 aliphatic heterocycles. The van der Waals surface area contributed by atoms with Crippen LogP contribution in [0, 0.1) is 0 Å². The normalized spacial score (nSPS) is 13.5. The first-order valence-corrected chi connectivity index (χ1v) is 3.25. The molecule has 0 fully saturated rings. The Morgan fingerprint density at radius 2 is 2.27 bits per heavy atom. The van der Waals surface area contributed by atoms with Crippen molar-refractivity contribution in [3.8, 4) is 11.5 Å². The summed E-state index contributed by atoms with van der Waals surface area (Å²) in [6, 6.07) is 1.67. The molecule has 0 aliphatic carbocycles. The molecule has 11 heavy (non-hydrogen) atoms. The molecule has 58 valence electrons. The van der Waals surface area contributed by atoms with Gasteiger partial charge in [-0.25, -0.2) is 0 Å². The highest BCUT2D eigenvalue weighted by atomic mass is 16.7. The lowest BCUT2D eigenvalue weighted by molar-refractivity contribution is 0.173. The summed E-state index contributed by atoms with van der Waals surface area (Å²) in [5.41, 5.74) is 0.592. The Morgan fingerprint density at radius 1 is 1.45 bits per heavy atom. The first kappa shape index (κ1) is 6.42. The van der Waals surface area contributed by atoms with Gasteiger partial charge in [-0.15, -0.1) is 0 Å². The topological polar surface area (TPSA) is 51.6 Å². The van der Waals surface area contributed by atoms with E-state index in [2.05, 4.69) is 4.98 Å². The molecule has 0 atom stereocenters. The molecular weight excluding hydrogens is 146 g/mol. The Morgan fingerprint density at radius 3 is 3.09 bits per heavy atom. The zero-order valence-corrected chi connectivity index (χ0v) is 5.78. The van der Waals surface area contributed by atoms with E-state index in [1.54, 1.807) is 12.3 Å². The number of hydrogen-bond donors (Lipinski definition) is 1. The Kier molecular flexibility index (Phi) is 1.40. The number of nitrogens with zero attached hydrogens (tertiary/aromatic N) is 1. The van der Waals surface area contributed by atoms with Gasteiger partial charge < -0.3 is 14.6 Å². The van der Waals surface area contributed by atoms with Gasteiger partial charge >= 0.3 is 0 Å². The van der Waals surface area contributed by atoms with Crippen LogP contribution in [-0.2, 0) is 6.61 Å². The van der Waals surface area contributed by atoms with Gasteiger partial charge in [-0.3, -0.25) is 4.98 Å². The van der Waals surface area contributed by atoms with Gasteiger partial charge in [0.1, 0.15) is 0 Å². The highest BCUT2D eigenvalue weighted by Gasteiger charge is 2.13. The first-order chi connectivity index (χ1) is 5.40. The molecule has 1 N–H and O–H groups in total. The van der Waals surface area contributed by atoms with E-state index >= 15 is 0 Å². The molecule has 4 heteroatoms. The summed E-state index contributed by atoms with van der Waals surface area (Å²) in [5, 5.41) is 8.71. The quantitative estimate of drug-likeness (QED) is 0.630. The summed E-state index contributed by atoms with van der Waals surface area (Å²) >= 11 is 0. The van der Waals surface area contributed by atoms with Gasteiger partial charge in [0.2, 0.25) is 6.79 Å². The SMILES string of the molecule is OCc1cc2c(cn1)OCO2. The summed E-state index contributed by atoms with van der Waals surface area (Å²) < 4.78 is 10.1. The third-order valence-electron chi connectivity index (χ3n) is 1.48. The van der Waals surface area contributed by atoms with Gasteiger partial charge in [-0.1, -0.05) is 0 Å². The number of ether oxygens (including phenoxy) is 2. The van der Waals surface area contributed by atoms with Crippen LogP contribution in [0.15, 0.2) is 12.3 Å². The summed E-state index contributed by atoms with van der Waals surface area (Å²) in [7, 11) is 0. The van der Waals surface area contributed by atoms with Crippen molar-refractivity contribution in [2.75, 3.05) is 6.79 Å². The third kappa shape index (κ3) is 1.01. The second kappa shape index (κ2) is 2.39. The van der Waals surface area contributed by atoms with Gasteiger partial charge in [0.15, 0.2) is 11.5 Å². The number of aliphatic hydroxyl groups is 1. The van der Waals surface area contributed by atoms with E-state index in [9.17, 15) is 0 Å². The van der Waals surface area contributed by atoms with Crippen LogP contribution in [0.5, 0.6) is 11.5 Å². The van der Waals surface area contributed by atoms with Crippen molar-refractivity contribution in [2.45, 2.75) is 6.61 Å². The smallest absolute Gasteiger partial charge is 0.231 e. The molecule has 0 saturated heterocycles. The van der Waals surface area contributed by atoms with Crippen molar-refractivity contribution in [1.82, 2.24) is 4.98 Å². The Balaban J connectivity index is 2.41. The molecule has 1 aromatic heterocycles. The zero-order valence-electron chi connectivity index (χ0n) is 5.78. The second-order valence-corrected chi connectivity index (χ2v) is 2.19.